The first kappa shape index (κ1) is 8.49. The Kier molecular flexibility index (Phi) is 2.15. The van der Waals surface area contributed by atoms with Gasteiger partial charge in [0.25, 0.3) is 0 Å². The molecule has 2 aliphatic heterocycles. The highest BCUT2D eigenvalue weighted by atomic mass is 35.5. The molecule has 0 radical (unpaired) electrons. The van der Waals surface area contributed by atoms with Crippen LogP contribution in [0.2, 0.25) is 0 Å². The minimum absolute atomic E-state index is 0. The van der Waals surface area contributed by atoms with Crippen LogP contribution in [0.1, 0.15) is 0 Å². The van der Waals surface area contributed by atoms with E-state index in [0.29, 0.717) is 13.1 Å². The molecule has 2 fully saturated rings. The predicted molar refractivity (Wildman–Crippen MR) is 40.2 cm³/mol. The van der Waals surface area contributed by atoms with E-state index in [1.54, 1.807) is 0 Å². The number of nitrogens with one attached hydrogen (secondary N) is 2. The Labute approximate surface area is 70.1 Å². The fourth-order valence-corrected chi connectivity index (χ4v) is 1.54. The monoisotopic (exact) mass is 176 g/mol. The van der Waals surface area contributed by atoms with Crippen molar-refractivity contribution in [1.29, 1.82) is 0 Å². The maximum absolute atomic E-state index is 10.9. The molecule has 0 aliphatic carbocycles. The van der Waals surface area contributed by atoms with Crippen molar-refractivity contribution in [2.75, 3.05) is 13.1 Å². The van der Waals surface area contributed by atoms with E-state index in [2.05, 4.69) is 10.6 Å². The zero-order valence-electron chi connectivity index (χ0n) is 5.79. The van der Waals surface area contributed by atoms with E-state index in [-0.39, 0.29) is 36.1 Å². The lowest BCUT2D eigenvalue weighted by atomic mass is 10.00. The number of imide groups is 1. The summed E-state index contributed by atoms with van der Waals surface area (Å²) in [6, 6.07) is 0. The van der Waals surface area contributed by atoms with Crippen LogP contribution in [0.4, 0.5) is 0 Å². The van der Waals surface area contributed by atoms with Gasteiger partial charge in [-0.2, -0.15) is 0 Å². The molecule has 0 aromatic carbocycles. The van der Waals surface area contributed by atoms with E-state index in [1.807, 2.05) is 0 Å². The third-order valence-electron chi connectivity index (χ3n) is 2.13. The van der Waals surface area contributed by atoms with Gasteiger partial charge in [0.15, 0.2) is 0 Å². The molecular weight excluding hydrogens is 168 g/mol. The Morgan fingerprint density at radius 2 is 1.55 bits per heavy atom. The molecule has 5 heteroatoms. The second kappa shape index (κ2) is 2.79. The molecule has 0 saturated carbocycles. The van der Waals surface area contributed by atoms with Crippen LogP contribution < -0.4 is 10.6 Å². The van der Waals surface area contributed by atoms with Crippen LogP contribution >= 0.6 is 12.4 Å². The molecule has 2 amide bonds. The molecular formula is C6H9ClN2O2. The third-order valence-corrected chi connectivity index (χ3v) is 2.13. The van der Waals surface area contributed by atoms with Crippen LogP contribution in [0.5, 0.6) is 0 Å². The molecule has 0 aromatic rings. The summed E-state index contributed by atoms with van der Waals surface area (Å²) in [6.07, 6.45) is 0. The molecule has 0 bridgehead atoms. The van der Waals surface area contributed by atoms with Crippen molar-refractivity contribution in [2.24, 2.45) is 11.8 Å². The molecule has 2 rings (SSSR count). The first-order chi connectivity index (χ1) is 4.79. The minimum atomic E-state index is -0.111. The normalized spacial score (nSPS) is 34.5. The van der Waals surface area contributed by atoms with Crippen molar-refractivity contribution in [3.05, 3.63) is 0 Å². The van der Waals surface area contributed by atoms with Crippen LogP contribution in [0.25, 0.3) is 0 Å². The summed E-state index contributed by atoms with van der Waals surface area (Å²) in [4.78, 5) is 21.8. The highest BCUT2D eigenvalue weighted by Gasteiger charge is 2.44. The maximum Gasteiger partial charge on any atom is 0.231 e. The number of hydrogen-bond acceptors (Lipinski definition) is 3. The van der Waals surface area contributed by atoms with Crippen LogP contribution in [0, 0.1) is 11.8 Å². The molecule has 2 atom stereocenters. The second-order valence-electron chi connectivity index (χ2n) is 2.72. The SMILES string of the molecule is Cl.O=C1NC(=O)C2CNCC12. The van der Waals surface area contributed by atoms with Crippen LogP contribution in [0.3, 0.4) is 0 Å². The number of amides is 2. The number of halogens is 1. The Bertz CT molecular complexity index is 187. The van der Waals surface area contributed by atoms with E-state index in [9.17, 15) is 9.59 Å². The van der Waals surface area contributed by atoms with Gasteiger partial charge in [0.1, 0.15) is 0 Å². The number of carbonyl (C=O) groups is 2. The largest absolute Gasteiger partial charge is 0.315 e. The average Bonchev–Trinajstić information content (AvgIpc) is 2.39. The average molecular weight is 177 g/mol. The Morgan fingerprint density at radius 1 is 1.09 bits per heavy atom. The van der Waals surface area contributed by atoms with E-state index >= 15 is 0 Å². The van der Waals surface area contributed by atoms with Gasteiger partial charge in [-0.05, 0) is 0 Å². The number of hydrogen-bond donors (Lipinski definition) is 2. The Balaban J connectivity index is 0.000000605. The van der Waals surface area contributed by atoms with Crippen molar-refractivity contribution in [1.82, 2.24) is 10.6 Å². The molecule has 2 saturated heterocycles. The maximum atomic E-state index is 10.9. The lowest BCUT2D eigenvalue weighted by molar-refractivity contribution is -0.126. The standard InChI is InChI=1S/C6H8N2O2.ClH/c9-5-3-1-7-2-4(3)6(10)8-5;/h3-4,7H,1-2H2,(H,8,9,10);1H. The van der Waals surface area contributed by atoms with Gasteiger partial charge in [0, 0.05) is 13.1 Å². The highest BCUT2D eigenvalue weighted by molar-refractivity contribution is 6.05. The van der Waals surface area contributed by atoms with Gasteiger partial charge in [-0.1, -0.05) is 0 Å². The minimum Gasteiger partial charge on any atom is -0.315 e. The Morgan fingerprint density at radius 3 is 2.00 bits per heavy atom. The molecule has 0 aromatic heterocycles. The molecule has 2 unspecified atom stereocenters. The molecule has 11 heavy (non-hydrogen) atoms. The van der Waals surface area contributed by atoms with Crippen LogP contribution in [0.15, 0.2) is 0 Å². The third kappa shape index (κ3) is 1.12. The van der Waals surface area contributed by atoms with E-state index in [0.717, 1.165) is 0 Å². The van der Waals surface area contributed by atoms with Crippen molar-refractivity contribution in [3.8, 4) is 0 Å². The first-order valence-corrected chi connectivity index (χ1v) is 3.34. The summed E-state index contributed by atoms with van der Waals surface area (Å²) in [6.45, 7) is 1.31. The summed E-state index contributed by atoms with van der Waals surface area (Å²) in [7, 11) is 0. The van der Waals surface area contributed by atoms with Gasteiger partial charge < -0.3 is 5.32 Å². The smallest absolute Gasteiger partial charge is 0.231 e. The number of rotatable bonds is 0. The van der Waals surface area contributed by atoms with Crippen molar-refractivity contribution >= 4 is 24.2 Å². The molecule has 2 heterocycles. The first-order valence-electron chi connectivity index (χ1n) is 3.34. The van der Waals surface area contributed by atoms with Crippen molar-refractivity contribution in [2.45, 2.75) is 0 Å². The van der Waals surface area contributed by atoms with E-state index < -0.39 is 0 Å². The van der Waals surface area contributed by atoms with Gasteiger partial charge in [-0.3, -0.25) is 14.9 Å². The van der Waals surface area contributed by atoms with Gasteiger partial charge in [0.2, 0.25) is 11.8 Å². The lowest BCUT2D eigenvalue weighted by Gasteiger charge is -1.97. The van der Waals surface area contributed by atoms with Gasteiger partial charge >= 0.3 is 0 Å². The summed E-state index contributed by atoms with van der Waals surface area (Å²) in [5.41, 5.74) is 0. The Hall–Kier alpha value is -0.610. The molecule has 0 spiro atoms. The zero-order chi connectivity index (χ0) is 7.14. The zero-order valence-corrected chi connectivity index (χ0v) is 6.61. The number of carbonyl (C=O) groups excluding carboxylic acids is 2. The van der Waals surface area contributed by atoms with E-state index in [1.165, 1.54) is 0 Å². The van der Waals surface area contributed by atoms with Gasteiger partial charge in [-0.15, -0.1) is 12.4 Å². The molecule has 2 N–H and O–H groups in total. The van der Waals surface area contributed by atoms with Crippen molar-refractivity contribution < 1.29 is 9.59 Å². The fraction of sp³-hybridized carbons (Fsp3) is 0.667. The van der Waals surface area contributed by atoms with Crippen LogP contribution in [-0.4, -0.2) is 24.9 Å². The van der Waals surface area contributed by atoms with Gasteiger partial charge in [-0.25, -0.2) is 0 Å². The summed E-state index contributed by atoms with van der Waals surface area (Å²) in [5, 5.41) is 5.30. The van der Waals surface area contributed by atoms with Gasteiger partial charge in [0.05, 0.1) is 11.8 Å². The second-order valence-corrected chi connectivity index (χ2v) is 2.72. The summed E-state index contributed by atoms with van der Waals surface area (Å²) >= 11 is 0. The predicted octanol–water partition coefficient (Wildman–Crippen LogP) is -1.10. The fourth-order valence-electron chi connectivity index (χ4n) is 1.54. The summed E-state index contributed by atoms with van der Waals surface area (Å²) < 4.78 is 0. The topological polar surface area (TPSA) is 58.2 Å². The molecule has 2 aliphatic rings. The quantitative estimate of drug-likeness (QED) is 0.461. The van der Waals surface area contributed by atoms with E-state index in [4.69, 9.17) is 0 Å². The van der Waals surface area contributed by atoms with Crippen LogP contribution in [-0.2, 0) is 9.59 Å². The van der Waals surface area contributed by atoms with Crippen molar-refractivity contribution in [3.63, 3.8) is 0 Å². The highest BCUT2D eigenvalue weighted by Crippen LogP contribution is 2.21. The molecule has 4 nitrogen and oxygen atoms in total. The lowest BCUT2D eigenvalue weighted by Crippen LogP contribution is -2.28. The molecule has 62 valence electrons. The summed E-state index contributed by atoms with van der Waals surface area (Å²) in [5.74, 6) is -0.403. The number of fused-ring (bicyclic) bond motifs is 1.